The summed E-state index contributed by atoms with van der Waals surface area (Å²) in [7, 11) is 0.738. The summed E-state index contributed by atoms with van der Waals surface area (Å²) in [4.78, 5) is 0. The van der Waals surface area contributed by atoms with Gasteiger partial charge in [0.1, 0.15) is 0 Å². The number of hydrogen-bond acceptors (Lipinski definition) is 2. The average Bonchev–Trinajstić information content (AvgIpc) is 2.50. The van der Waals surface area contributed by atoms with Gasteiger partial charge in [0, 0.05) is 7.11 Å². The van der Waals surface area contributed by atoms with Gasteiger partial charge < -0.3 is 8.85 Å². The molecular weight excluding hydrogens is 204 g/mol. The molecule has 2 rings (SSSR count). The Morgan fingerprint density at radius 3 is 2.33 bits per heavy atom. The molecule has 2 bridgehead atoms. The third kappa shape index (κ3) is 1.51. The SMILES string of the molecule is CO[Si](C)OC1CC2CCC1(C)C2(C)C. The van der Waals surface area contributed by atoms with Crippen LogP contribution in [0.1, 0.15) is 40.0 Å². The van der Waals surface area contributed by atoms with Crippen molar-refractivity contribution in [1.82, 2.24) is 0 Å². The lowest BCUT2D eigenvalue weighted by molar-refractivity contribution is 0.0151. The fourth-order valence-electron chi connectivity index (χ4n) is 3.56. The van der Waals surface area contributed by atoms with Gasteiger partial charge in [0.05, 0.1) is 6.10 Å². The molecule has 0 aromatic heterocycles. The van der Waals surface area contributed by atoms with Crippen LogP contribution in [0.5, 0.6) is 0 Å². The van der Waals surface area contributed by atoms with Crippen LogP contribution in [-0.2, 0) is 8.85 Å². The molecule has 0 heterocycles. The lowest BCUT2D eigenvalue weighted by Crippen LogP contribution is -2.40. The molecule has 0 amide bonds. The summed E-state index contributed by atoms with van der Waals surface area (Å²) in [6.07, 6.45) is 4.40. The van der Waals surface area contributed by atoms with E-state index in [0.29, 0.717) is 16.9 Å². The van der Waals surface area contributed by atoms with E-state index in [-0.39, 0.29) is 0 Å². The van der Waals surface area contributed by atoms with E-state index < -0.39 is 9.28 Å². The minimum atomic E-state index is -1.02. The molecular formula is C12H23O2Si. The molecule has 0 aliphatic heterocycles. The Kier molecular flexibility index (Phi) is 2.77. The van der Waals surface area contributed by atoms with E-state index in [9.17, 15) is 0 Å². The lowest BCUT2D eigenvalue weighted by atomic mass is 9.70. The molecule has 2 aliphatic rings. The predicted octanol–water partition coefficient (Wildman–Crippen LogP) is 2.98. The lowest BCUT2D eigenvalue weighted by Gasteiger charge is -2.39. The Morgan fingerprint density at radius 2 is 1.93 bits per heavy atom. The first-order valence-corrected chi connectivity index (χ1v) is 7.77. The maximum absolute atomic E-state index is 6.11. The highest BCUT2D eigenvalue weighted by atomic mass is 28.3. The number of hydrogen-bond donors (Lipinski definition) is 0. The van der Waals surface area contributed by atoms with E-state index >= 15 is 0 Å². The zero-order chi connectivity index (χ0) is 11.3. The topological polar surface area (TPSA) is 18.5 Å². The molecule has 2 nitrogen and oxygen atoms in total. The van der Waals surface area contributed by atoms with Crippen LogP contribution in [0.4, 0.5) is 0 Å². The molecule has 0 saturated heterocycles. The molecule has 0 spiro atoms. The maximum atomic E-state index is 6.11. The largest absolute Gasteiger partial charge is 0.397 e. The monoisotopic (exact) mass is 227 g/mol. The van der Waals surface area contributed by atoms with Crippen LogP contribution >= 0.6 is 0 Å². The molecule has 2 aliphatic carbocycles. The van der Waals surface area contributed by atoms with Crippen LogP contribution < -0.4 is 0 Å². The molecule has 3 heteroatoms. The second-order valence-corrected chi connectivity index (χ2v) is 7.54. The highest BCUT2D eigenvalue weighted by Crippen LogP contribution is 2.66. The Balaban J connectivity index is 2.12. The molecule has 15 heavy (non-hydrogen) atoms. The third-order valence-corrected chi connectivity index (χ3v) is 6.50. The molecule has 1 radical (unpaired) electrons. The van der Waals surface area contributed by atoms with Crippen molar-refractivity contribution in [2.24, 2.45) is 16.7 Å². The van der Waals surface area contributed by atoms with Gasteiger partial charge in [0.2, 0.25) is 0 Å². The molecule has 3 unspecified atom stereocenters. The fourth-order valence-corrected chi connectivity index (χ4v) is 4.41. The first kappa shape index (κ1) is 11.6. The van der Waals surface area contributed by atoms with Gasteiger partial charge in [-0.25, -0.2) is 0 Å². The van der Waals surface area contributed by atoms with E-state index in [1.165, 1.54) is 19.3 Å². The highest BCUT2D eigenvalue weighted by Gasteiger charge is 2.62. The van der Waals surface area contributed by atoms with Gasteiger partial charge in [-0.05, 0) is 42.6 Å². The van der Waals surface area contributed by atoms with Crippen molar-refractivity contribution in [2.45, 2.75) is 52.7 Å². The summed E-state index contributed by atoms with van der Waals surface area (Å²) in [6, 6.07) is 0. The van der Waals surface area contributed by atoms with Crippen LogP contribution in [0.2, 0.25) is 6.55 Å². The van der Waals surface area contributed by atoms with E-state index in [1.807, 2.05) is 0 Å². The van der Waals surface area contributed by atoms with Gasteiger partial charge in [-0.15, -0.1) is 0 Å². The van der Waals surface area contributed by atoms with Gasteiger partial charge in [0.15, 0.2) is 0 Å². The molecule has 0 aromatic rings. The molecule has 3 atom stereocenters. The average molecular weight is 227 g/mol. The van der Waals surface area contributed by atoms with Crippen molar-refractivity contribution in [3.05, 3.63) is 0 Å². The van der Waals surface area contributed by atoms with E-state index in [4.69, 9.17) is 8.85 Å². The maximum Gasteiger partial charge on any atom is 0.381 e. The zero-order valence-electron chi connectivity index (χ0n) is 10.6. The highest BCUT2D eigenvalue weighted by molar-refractivity contribution is 6.42. The summed E-state index contributed by atoms with van der Waals surface area (Å²) in [5.41, 5.74) is 0.829. The first-order chi connectivity index (χ1) is 6.91. The van der Waals surface area contributed by atoms with Crippen molar-refractivity contribution in [2.75, 3.05) is 7.11 Å². The molecule has 87 valence electrons. The third-order valence-electron chi connectivity index (χ3n) is 5.31. The summed E-state index contributed by atoms with van der Waals surface area (Å²) in [6.45, 7) is 9.34. The number of fused-ring (bicyclic) bond motifs is 2. The summed E-state index contributed by atoms with van der Waals surface area (Å²) >= 11 is 0. The van der Waals surface area contributed by atoms with Gasteiger partial charge >= 0.3 is 9.28 Å². The van der Waals surface area contributed by atoms with Crippen molar-refractivity contribution in [3.63, 3.8) is 0 Å². The van der Waals surface area contributed by atoms with Crippen LogP contribution in [0.25, 0.3) is 0 Å². The van der Waals surface area contributed by atoms with E-state index in [1.54, 1.807) is 7.11 Å². The minimum absolute atomic E-state index is 0.377. The van der Waals surface area contributed by atoms with Gasteiger partial charge in [0.25, 0.3) is 0 Å². The van der Waals surface area contributed by atoms with Crippen LogP contribution in [-0.4, -0.2) is 22.5 Å². The van der Waals surface area contributed by atoms with E-state index in [0.717, 1.165) is 5.92 Å². The minimum Gasteiger partial charge on any atom is -0.397 e. The van der Waals surface area contributed by atoms with Gasteiger partial charge in [-0.3, -0.25) is 0 Å². The van der Waals surface area contributed by atoms with Crippen molar-refractivity contribution in [3.8, 4) is 0 Å². The van der Waals surface area contributed by atoms with Crippen LogP contribution in [0.15, 0.2) is 0 Å². The summed E-state index contributed by atoms with van der Waals surface area (Å²) < 4.78 is 11.4. The predicted molar refractivity (Wildman–Crippen MR) is 62.7 cm³/mol. The van der Waals surface area contributed by atoms with E-state index in [2.05, 4.69) is 27.3 Å². The number of rotatable bonds is 3. The Morgan fingerprint density at radius 1 is 1.27 bits per heavy atom. The molecule has 0 aromatic carbocycles. The second kappa shape index (κ2) is 3.57. The normalized spacial score (nSPS) is 42.8. The first-order valence-electron chi connectivity index (χ1n) is 5.96. The van der Waals surface area contributed by atoms with Crippen LogP contribution in [0, 0.1) is 16.7 Å². The Labute approximate surface area is 95.2 Å². The summed E-state index contributed by atoms with van der Waals surface area (Å²) in [5, 5.41) is 0. The van der Waals surface area contributed by atoms with Gasteiger partial charge in [-0.2, -0.15) is 0 Å². The summed E-state index contributed by atoms with van der Waals surface area (Å²) in [5.74, 6) is 0.860. The molecule has 2 saturated carbocycles. The molecule has 0 N–H and O–H groups in total. The smallest absolute Gasteiger partial charge is 0.381 e. The fraction of sp³-hybridized carbons (Fsp3) is 1.00. The quantitative estimate of drug-likeness (QED) is 0.690. The van der Waals surface area contributed by atoms with Crippen LogP contribution in [0.3, 0.4) is 0 Å². The standard InChI is InChI=1S/C12H23O2Si/c1-11(2)9-6-7-12(11,3)10(8-9)14-15(5)13-4/h9-10H,6-8H2,1-5H3. The molecule has 2 fully saturated rings. The van der Waals surface area contributed by atoms with Crippen molar-refractivity contribution in [1.29, 1.82) is 0 Å². The van der Waals surface area contributed by atoms with Crippen molar-refractivity contribution >= 4 is 9.28 Å². The zero-order valence-corrected chi connectivity index (χ0v) is 11.6. The van der Waals surface area contributed by atoms with Crippen molar-refractivity contribution < 1.29 is 8.85 Å². The second-order valence-electron chi connectivity index (χ2n) is 5.91. The Bertz CT molecular complexity index is 254. The Hall–Kier alpha value is 0.137. The van der Waals surface area contributed by atoms with Gasteiger partial charge in [-0.1, -0.05) is 20.8 Å².